The number of carboxylic acid groups (broad SMARTS) is 2. The van der Waals surface area contributed by atoms with Gasteiger partial charge in [0.05, 0.1) is 18.2 Å². The van der Waals surface area contributed by atoms with Gasteiger partial charge in [0.15, 0.2) is 5.69 Å². The predicted molar refractivity (Wildman–Crippen MR) is 103 cm³/mol. The predicted octanol–water partition coefficient (Wildman–Crippen LogP) is 3.18. The second-order valence-electron chi connectivity index (χ2n) is 4.67. The highest BCUT2D eigenvalue weighted by atomic mass is 35.5. The molecule has 0 aliphatic carbocycles. The summed E-state index contributed by atoms with van der Waals surface area (Å²) >= 11 is 4.74. The van der Waals surface area contributed by atoms with E-state index in [0.29, 0.717) is 22.6 Å². The molecular formula is C18H17ClN4O4. The third-order valence-electron chi connectivity index (χ3n) is 2.59. The number of carboxylic acids is 2. The average Bonchev–Trinajstić information content (AvgIpc) is 2.68. The van der Waals surface area contributed by atoms with Gasteiger partial charge in [-0.05, 0) is 36.4 Å². The van der Waals surface area contributed by atoms with Gasteiger partial charge in [0.1, 0.15) is 12.4 Å². The van der Waals surface area contributed by atoms with Crippen molar-refractivity contribution in [3.8, 4) is 6.07 Å². The number of benzene rings is 2. The molecule has 2 aromatic rings. The number of alkyl halides is 1. The van der Waals surface area contributed by atoms with Gasteiger partial charge in [-0.2, -0.15) is 5.26 Å². The zero-order valence-electron chi connectivity index (χ0n) is 14.1. The van der Waals surface area contributed by atoms with E-state index in [9.17, 15) is 9.59 Å². The summed E-state index contributed by atoms with van der Waals surface area (Å²) < 4.78 is 0. The van der Waals surface area contributed by atoms with Crippen LogP contribution >= 0.6 is 11.6 Å². The van der Waals surface area contributed by atoms with E-state index in [1.165, 1.54) is 0 Å². The van der Waals surface area contributed by atoms with Crippen molar-refractivity contribution in [3.63, 3.8) is 0 Å². The third kappa shape index (κ3) is 12.3. The summed E-state index contributed by atoms with van der Waals surface area (Å²) in [5, 5.41) is 27.0. The second kappa shape index (κ2) is 13.5. The van der Waals surface area contributed by atoms with Gasteiger partial charge in [-0.1, -0.05) is 12.1 Å². The quantitative estimate of drug-likeness (QED) is 0.358. The number of nitrogens with zero attached hydrogens (tertiary/aromatic N) is 2. The first kappa shape index (κ1) is 23.2. The largest absolute Gasteiger partial charge is 0.480 e. The molecule has 8 nitrogen and oxygen atoms in total. The molecule has 0 unspecified atom stereocenters. The average molecular weight is 389 g/mol. The maximum atomic E-state index is 10.2. The summed E-state index contributed by atoms with van der Waals surface area (Å²) in [5.74, 6) is -2.19. The Hall–Kier alpha value is -3.75. The Morgan fingerprint density at radius 3 is 2.00 bits per heavy atom. The van der Waals surface area contributed by atoms with Crippen LogP contribution in [0.25, 0.3) is 4.85 Å². The van der Waals surface area contributed by atoms with E-state index >= 15 is 0 Å². The van der Waals surface area contributed by atoms with Crippen LogP contribution in [0.1, 0.15) is 5.56 Å². The van der Waals surface area contributed by atoms with Crippen molar-refractivity contribution in [2.24, 2.45) is 0 Å². The lowest BCUT2D eigenvalue weighted by Gasteiger charge is -2.01. The fourth-order valence-electron chi connectivity index (χ4n) is 1.39. The Bertz CT molecular complexity index is 809. The Kier molecular flexibility index (Phi) is 11.7. The molecule has 0 saturated carbocycles. The fraction of sp³-hybridized carbons (Fsp3) is 0.111. The van der Waals surface area contributed by atoms with Crippen LogP contribution in [0.2, 0.25) is 0 Å². The molecule has 0 bridgehead atoms. The first-order chi connectivity index (χ1) is 12.8. The van der Waals surface area contributed by atoms with Gasteiger partial charge in [-0.15, -0.1) is 11.6 Å². The van der Waals surface area contributed by atoms with Gasteiger partial charge in [0.2, 0.25) is 0 Å². The first-order valence-electron chi connectivity index (χ1n) is 7.29. The number of hydrogen-bond donors (Lipinski definition) is 4. The molecule has 0 heterocycles. The van der Waals surface area contributed by atoms with E-state index in [-0.39, 0.29) is 12.4 Å². The second-order valence-corrected chi connectivity index (χ2v) is 4.93. The maximum Gasteiger partial charge on any atom is 0.322 e. The van der Waals surface area contributed by atoms with Crippen LogP contribution in [0, 0.1) is 17.9 Å². The summed E-state index contributed by atoms with van der Waals surface area (Å²) in [7, 11) is 0. The standard InChI is InChI=1S/C9H8N2O2.C7H6N2.C2H3ClO2/c1-10-7-2-4-8(5-3-7)11-6-9(12)13;8-5-6-1-3-7(9)4-2-6;3-1-2(4)5/h2-5,11H,6H2,(H,12,13);1-4H,9H2;1H2,(H,4,5). The van der Waals surface area contributed by atoms with Crippen LogP contribution in [0.15, 0.2) is 48.5 Å². The fourth-order valence-corrected chi connectivity index (χ4v) is 1.39. The van der Waals surface area contributed by atoms with Crippen LogP contribution in [0.4, 0.5) is 17.1 Å². The Morgan fingerprint density at radius 2 is 1.63 bits per heavy atom. The van der Waals surface area contributed by atoms with Crippen molar-refractivity contribution in [1.82, 2.24) is 0 Å². The third-order valence-corrected chi connectivity index (χ3v) is 2.82. The molecule has 0 amide bonds. The van der Waals surface area contributed by atoms with Crippen molar-refractivity contribution >= 4 is 40.6 Å². The molecule has 0 aromatic heterocycles. The molecule has 0 aliphatic rings. The SMILES string of the molecule is N#Cc1ccc(N)cc1.O=C(O)CCl.[C-]#[N+]c1ccc(NCC(=O)O)cc1. The smallest absolute Gasteiger partial charge is 0.322 e. The Balaban J connectivity index is 0.000000419. The van der Waals surface area contributed by atoms with Gasteiger partial charge in [0, 0.05) is 11.4 Å². The highest BCUT2D eigenvalue weighted by molar-refractivity contribution is 6.26. The number of rotatable bonds is 4. The van der Waals surface area contributed by atoms with Gasteiger partial charge in [-0.3, -0.25) is 9.59 Å². The minimum Gasteiger partial charge on any atom is -0.480 e. The Morgan fingerprint density at radius 1 is 1.11 bits per heavy atom. The molecule has 27 heavy (non-hydrogen) atoms. The van der Waals surface area contributed by atoms with Gasteiger partial charge < -0.3 is 21.3 Å². The number of nitrogens with one attached hydrogen (secondary N) is 1. The van der Waals surface area contributed by atoms with Crippen LogP contribution in [0.3, 0.4) is 0 Å². The number of nitriles is 1. The molecule has 2 aromatic carbocycles. The van der Waals surface area contributed by atoms with E-state index in [1.807, 2.05) is 6.07 Å². The minimum atomic E-state index is -0.980. The van der Waals surface area contributed by atoms with E-state index in [0.717, 1.165) is 0 Å². The van der Waals surface area contributed by atoms with E-state index in [1.54, 1.807) is 48.5 Å². The zero-order valence-corrected chi connectivity index (χ0v) is 14.8. The monoisotopic (exact) mass is 388 g/mol. The molecule has 5 N–H and O–H groups in total. The lowest BCUT2D eigenvalue weighted by molar-refractivity contribution is -0.135. The van der Waals surface area contributed by atoms with Gasteiger partial charge in [0.25, 0.3) is 0 Å². The van der Waals surface area contributed by atoms with Crippen molar-refractivity contribution in [2.45, 2.75) is 0 Å². The number of hydrogen-bond acceptors (Lipinski definition) is 5. The maximum absolute atomic E-state index is 10.2. The highest BCUT2D eigenvalue weighted by Crippen LogP contribution is 2.15. The van der Waals surface area contributed by atoms with Gasteiger partial charge in [-0.25, -0.2) is 4.85 Å². The summed E-state index contributed by atoms with van der Waals surface area (Å²) in [4.78, 5) is 22.6. The topological polar surface area (TPSA) is 141 Å². The number of anilines is 2. The summed E-state index contributed by atoms with van der Waals surface area (Å²) in [6, 6.07) is 15.4. The molecule has 0 saturated heterocycles. The van der Waals surface area contributed by atoms with Crippen molar-refractivity contribution in [3.05, 3.63) is 65.5 Å². The molecule has 140 valence electrons. The van der Waals surface area contributed by atoms with Gasteiger partial charge >= 0.3 is 11.9 Å². The van der Waals surface area contributed by atoms with Crippen LogP contribution < -0.4 is 11.1 Å². The van der Waals surface area contributed by atoms with E-state index in [4.69, 9.17) is 39.4 Å². The molecule has 0 aliphatic heterocycles. The summed E-state index contributed by atoms with van der Waals surface area (Å²) in [6.45, 7) is 6.58. The van der Waals surface area contributed by atoms with E-state index in [2.05, 4.69) is 10.2 Å². The van der Waals surface area contributed by atoms with Crippen LogP contribution in [-0.4, -0.2) is 34.6 Å². The van der Waals surface area contributed by atoms with Crippen molar-refractivity contribution in [2.75, 3.05) is 23.5 Å². The highest BCUT2D eigenvalue weighted by Gasteiger charge is 1.96. The molecule has 0 spiro atoms. The van der Waals surface area contributed by atoms with E-state index < -0.39 is 11.9 Å². The summed E-state index contributed by atoms with van der Waals surface area (Å²) in [5.41, 5.74) is 7.95. The first-order valence-corrected chi connectivity index (χ1v) is 7.82. The number of nitrogens with two attached hydrogens (primary N) is 1. The van der Waals surface area contributed by atoms with Crippen LogP contribution in [0.5, 0.6) is 0 Å². The number of aliphatic carboxylic acids is 2. The lowest BCUT2D eigenvalue weighted by atomic mass is 10.2. The number of nitrogen functional groups attached to an aromatic ring is 1. The number of halogens is 1. The number of carbonyl (C=O) groups is 2. The molecular weight excluding hydrogens is 372 g/mol. The lowest BCUT2D eigenvalue weighted by Crippen LogP contribution is -2.11. The normalized spacial score (nSPS) is 8.41. The zero-order chi connectivity index (χ0) is 20.7. The molecule has 0 atom stereocenters. The molecule has 0 radical (unpaired) electrons. The van der Waals surface area contributed by atoms with Crippen molar-refractivity contribution < 1.29 is 19.8 Å². The van der Waals surface area contributed by atoms with Crippen molar-refractivity contribution in [1.29, 1.82) is 5.26 Å². The molecule has 0 fully saturated rings. The minimum absolute atomic E-state index is 0.114. The van der Waals surface area contributed by atoms with Crippen LogP contribution in [-0.2, 0) is 9.59 Å². The molecule has 9 heteroatoms. The summed E-state index contributed by atoms with van der Waals surface area (Å²) in [6.07, 6.45) is 0. The molecule has 2 rings (SSSR count). The Labute approximate surface area is 161 Å².